The molecule has 1 fully saturated rings. The van der Waals surface area contributed by atoms with E-state index in [0.717, 1.165) is 0 Å². The van der Waals surface area contributed by atoms with Crippen LogP contribution in [-0.2, 0) is 6.54 Å². The van der Waals surface area contributed by atoms with E-state index >= 15 is 0 Å². The minimum atomic E-state index is -0.488. The number of nitrogens with zero attached hydrogens (tertiary/aromatic N) is 1. The molecule has 3 N–H and O–H groups in total. The lowest BCUT2D eigenvalue weighted by Crippen LogP contribution is -2.30. The number of amides is 2. The fourth-order valence-corrected chi connectivity index (χ4v) is 2.52. The van der Waals surface area contributed by atoms with Crippen LogP contribution in [0, 0.1) is 5.82 Å². The monoisotopic (exact) mass is 269 g/mol. The first kappa shape index (κ1) is 12.8. The van der Waals surface area contributed by atoms with Gasteiger partial charge in [-0.25, -0.2) is 10.2 Å². The Kier molecular flexibility index (Phi) is 3.83. The van der Waals surface area contributed by atoms with Crippen LogP contribution in [0.15, 0.2) is 18.2 Å². The highest BCUT2D eigenvalue weighted by Crippen LogP contribution is 2.21. The van der Waals surface area contributed by atoms with Crippen LogP contribution < -0.4 is 11.3 Å². The normalized spacial score (nSPS) is 15.0. The lowest BCUT2D eigenvalue weighted by Gasteiger charge is -2.15. The number of nitrogens with two attached hydrogens (primary N) is 1. The Bertz CT molecular complexity index is 495. The van der Waals surface area contributed by atoms with Gasteiger partial charge in [0.2, 0.25) is 0 Å². The maximum atomic E-state index is 13.6. The van der Waals surface area contributed by atoms with Gasteiger partial charge < -0.3 is 4.90 Å². The Morgan fingerprint density at radius 1 is 1.56 bits per heavy atom. The van der Waals surface area contributed by atoms with Gasteiger partial charge in [-0.05, 0) is 18.2 Å². The fraction of sp³-hybridized carbons (Fsp3) is 0.273. The summed E-state index contributed by atoms with van der Waals surface area (Å²) in [5, 5.41) is -0.0666. The van der Waals surface area contributed by atoms with E-state index in [1.165, 1.54) is 30.0 Å². The molecule has 1 aliphatic heterocycles. The van der Waals surface area contributed by atoms with Crippen molar-refractivity contribution < 1.29 is 14.0 Å². The van der Waals surface area contributed by atoms with Gasteiger partial charge in [0.05, 0.1) is 0 Å². The number of nitrogen functional groups attached to an aromatic ring is 1. The quantitative estimate of drug-likeness (QED) is 0.489. The van der Waals surface area contributed by atoms with Crippen LogP contribution in [0.4, 0.5) is 9.18 Å². The molecular weight excluding hydrogens is 257 g/mol. The topological polar surface area (TPSA) is 75.4 Å². The summed E-state index contributed by atoms with van der Waals surface area (Å²) in [6.45, 7) is 0.764. The number of halogens is 1. The van der Waals surface area contributed by atoms with E-state index in [2.05, 4.69) is 0 Å². The van der Waals surface area contributed by atoms with Crippen molar-refractivity contribution in [3.8, 4) is 0 Å². The molecule has 0 atom stereocenters. The fourth-order valence-electron chi connectivity index (χ4n) is 1.70. The first-order valence-electron chi connectivity index (χ1n) is 5.33. The highest BCUT2D eigenvalue weighted by Gasteiger charge is 2.22. The first-order valence-corrected chi connectivity index (χ1v) is 6.31. The van der Waals surface area contributed by atoms with E-state index in [4.69, 9.17) is 5.84 Å². The molecule has 0 aromatic heterocycles. The number of hydrazine groups is 1. The number of benzene rings is 1. The summed E-state index contributed by atoms with van der Waals surface area (Å²) >= 11 is 1.21. The molecule has 0 aliphatic carbocycles. The summed E-state index contributed by atoms with van der Waals surface area (Å²) in [7, 11) is 0. The van der Waals surface area contributed by atoms with Crippen LogP contribution in [0.1, 0.15) is 15.9 Å². The SMILES string of the molecule is NNC(=O)c1ccc(F)c(CN2CCSC2=O)c1. The van der Waals surface area contributed by atoms with Gasteiger partial charge in [0, 0.05) is 30.0 Å². The zero-order valence-corrected chi connectivity index (χ0v) is 10.3. The van der Waals surface area contributed by atoms with Gasteiger partial charge in [0.25, 0.3) is 11.1 Å². The van der Waals surface area contributed by atoms with Gasteiger partial charge in [-0.2, -0.15) is 0 Å². The maximum absolute atomic E-state index is 13.6. The Labute approximate surface area is 107 Å². The summed E-state index contributed by atoms with van der Waals surface area (Å²) in [4.78, 5) is 24.3. The average Bonchev–Trinajstić information content (AvgIpc) is 2.77. The van der Waals surface area contributed by atoms with Crippen LogP contribution in [0.2, 0.25) is 0 Å². The van der Waals surface area contributed by atoms with Crippen molar-refractivity contribution in [2.45, 2.75) is 6.54 Å². The second-order valence-electron chi connectivity index (χ2n) is 3.82. The molecule has 96 valence electrons. The zero-order chi connectivity index (χ0) is 13.1. The number of rotatable bonds is 3. The number of hydrogen-bond donors (Lipinski definition) is 2. The Morgan fingerprint density at radius 2 is 2.33 bits per heavy atom. The van der Waals surface area contributed by atoms with Gasteiger partial charge in [-0.1, -0.05) is 11.8 Å². The summed E-state index contributed by atoms with van der Waals surface area (Å²) in [5.74, 6) is 4.80. The van der Waals surface area contributed by atoms with Crippen molar-refractivity contribution in [2.75, 3.05) is 12.3 Å². The second-order valence-corrected chi connectivity index (χ2v) is 4.86. The predicted octanol–water partition coefficient (Wildman–Crippen LogP) is 1.10. The van der Waals surface area contributed by atoms with E-state index in [-0.39, 0.29) is 17.3 Å². The smallest absolute Gasteiger partial charge is 0.282 e. The van der Waals surface area contributed by atoms with Crippen molar-refractivity contribution in [1.29, 1.82) is 0 Å². The highest BCUT2D eigenvalue weighted by atomic mass is 32.2. The van der Waals surface area contributed by atoms with Crippen LogP contribution in [0.5, 0.6) is 0 Å². The van der Waals surface area contributed by atoms with Crippen LogP contribution in [0.25, 0.3) is 0 Å². The molecule has 1 heterocycles. The van der Waals surface area contributed by atoms with Crippen molar-refractivity contribution >= 4 is 22.9 Å². The van der Waals surface area contributed by atoms with E-state index < -0.39 is 11.7 Å². The number of nitrogens with one attached hydrogen (secondary N) is 1. The minimum absolute atomic E-state index is 0.0666. The summed E-state index contributed by atoms with van der Waals surface area (Å²) in [6, 6.07) is 3.96. The Morgan fingerprint density at radius 3 is 2.94 bits per heavy atom. The van der Waals surface area contributed by atoms with E-state index in [9.17, 15) is 14.0 Å². The summed E-state index contributed by atoms with van der Waals surface area (Å²) in [6.07, 6.45) is 0. The molecule has 2 amide bonds. The van der Waals surface area contributed by atoms with Crippen molar-refractivity contribution in [3.63, 3.8) is 0 Å². The molecule has 5 nitrogen and oxygen atoms in total. The van der Waals surface area contributed by atoms with E-state index in [1.807, 2.05) is 5.43 Å². The Hall–Kier alpha value is -1.60. The number of hydrogen-bond acceptors (Lipinski definition) is 4. The van der Waals surface area contributed by atoms with E-state index in [1.54, 1.807) is 4.90 Å². The lowest BCUT2D eigenvalue weighted by molar-refractivity contribution is 0.0953. The molecule has 0 bridgehead atoms. The number of thioether (sulfide) groups is 1. The molecule has 0 unspecified atom stereocenters. The van der Waals surface area contributed by atoms with Gasteiger partial charge in [-0.3, -0.25) is 15.0 Å². The van der Waals surface area contributed by atoms with E-state index in [0.29, 0.717) is 17.9 Å². The third kappa shape index (κ3) is 2.62. The maximum Gasteiger partial charge on any atom is 0.282 e. The molecule has 1 aliphatic rings. The third-order valence-electron chi connectivity index (χ3n) is 2.65. The Balaban J connectivity index is 2.21. The van der Waals surface area contributed by atoms with Gasteiger partial charge in [0.15, 0.2) is 0 Å². The van der Waals surface area contributed by atoms with Crippen molar-refractivity contribution in [3.05, 3.63) is 35.1 Å². The zero-order valence-electron chi connectivity index (χ0n) is 9.48. The number of carbonyl (C=O) groups is 2. The molecule has 0 saturated carbocycles. The van der Waals surface area contributed by atoms with Crippen LogP contribution in [0.3, 0.4) is 0 Å². The average molecular weight is 269 g/mol. The van der Waals surface area contributed by atoms with Crippen molar-refractivity contribution in [1.82, 2.24) is 10.3 Å². The molecule has 0 radical (unpaired) electrons. The molecule has 0 spiro atoms. The largest absolute Gasteiger partial charge is 0.328 e. The standard InChI is InChI=1S/C11H12FN3O2S/c12-9-2-1-7(10(16)14-13)5-8(9)6-15-3-4-18-11(15)17/h1-2,5H,3-4,6,13H2,(H,14,16). The highest BCUT2D eigenvalue weighted by molar-refractivity contribution is 8.13. The molecule has 7 heteroatoms. The summed E-state index contributed by atoms with van der Waals surface area (Å²) < 4.78 is 13.6. The molecule has 1 aromatic carbocycles. The van der Waals surface area contributed by atoms with Gasteiger partial charge in [-0.15, -0.1) is 0 Å². The molecule has 2 rings (SSSR count). The molecule has 1 aromatic rings. The van der Waals surface area contributed by atoms with Gasteiger partial charge >= 0.3 is 0 Å². The summed E-state index contributed by atoms with van der Waals surface area (Å²) in [5.41, 5.74) is 2.57. The lowest BCUT2D eigenvalue weighted by atomic mass is 10.1. The minimum Gasteiger partial charge on any atom is -0.328 e. The van der Waals surface area contributed by atoms with Crippen molar-refractivity contribution in [2.24, 2.45) is 5.84 Å². The van der Waals surface area contributed by atoms with Crippen LogP contribution in [-0.4, -0.2) is 28.3 Å². The van der Waals surface area contributed by atoms with Crippen LogP contribution >= 0.6 is 11.8 Å². The second kappa shape index (κ2) is 5.36. The first-order chi connectivity index (χ1) is 8.61. The predicted molar refractivity (Wildman–Crippen MR) is 66.3 cm³/mol. The van der Waals surface area contributed by atoms with Gasteiger partial charge in [0.1, 0.15) is 5.82 Å². The molecule has 18 heavy (non-hydrogen) atoms. The molecule has 1 saturated heterocycles. The third-order valence-corrected chi connectivity index (χ3v) is 3.54. The molecular formula is C11H12FN3O2S. The number of carbonyl (C=O) groups excluding carboxylic acids is 2.